The average molecular weight is 319 g/mol. The second-order valence-corrected chi connectivity index (χ2v) is 5.29. The standard InChI is InChI=1S/C21H21NO2/c23-21(24)12-7-17-22-20(15-13-18-8-3-1-4-9-18)16-14-19-10-5-2-6-11-19/h1-6,8-11,13-16H,7,12,17H2,(H,23,24)/b15-13-,16-14+,22-20?. The van der Waals surface area contributed by atoms with Gasteiger partial charge in [-0.2, -0.15) is 0 Å². The summed E-state index contributed by atoms with van der Waals surface area (Å²) in [5, 5.41) is 8.71. The Bertz CT molecular complexity index is 665. The lowest BCUT2D eigenvalue weighted by atomic mass is 10.1. The molecule has 0 fully saturated rings. The number of aliphatic carboxylic acids is 1. The Balaban J connectivity index is 2.08. The van der Waals surface area contributed by atoms with E-state index in [4.69, 9.17) is 5.11 Å². The average Bonchev–Trinajstić information content (AvgIpc) is 2.62. The fourth-order valence-electron chi connectivity index (χ4n) is 2.09. The molecule has 2 aromatic rings. The van der Waals surface area contributed by atoms with Crippen LogP contribution in [0.5, 0.6) is 0 Å². The van der Waals surface area contributed by atoms with Gasteiger partial charge in [0.25, 0.3) is 0 Å². The topological polar surface area (TPSA) is 49.7 Å². The summed E-state index contributed by atoms with van der Waals surface area (Å²) >= 11 is 0. The first-order chi connectivity index (χ1) is 11.7. The molecule has 0 saturated carbocycles. The predicted molar refractivity (Wildman–Crippen MR) is 100 cm³/mol. The summed E-state index contributed by atoms with van der Waals surface area (Å²) in [6.07, 6.45) is 8.60. The van der Waals surface area contributed by atoms with Gasteiger partial charge in [0.05, 0.1) is 5.71 Å². The maximum Gasteiger partial charge on any atom is 0.303 e. The Labute approximate surface area is 142 Å². The van der Waals surface area contributed by atoms with Crippen LogP contribution in [-0.4, -0.2) is 23.3 Å². The highest BCUT2D eigenvalue weighted by molar-refractivity contribution is 6.08. The van der Waals surface area contributed by atoms with Gasteiger partial charge in [-0.3, -0.25) is 9.79 Å². The molecule has 0 radical (unpaired) electrons. The van der Waals surface area contributed by atoms with Crippen LogP contribution < -0.4 is 0 Å². The third kappa shape index (κ3) is 6.88. The third-order valence-electron chi connectivity index (χ3n) is 3.34. The molecule has 0 spiro atoms. The Hall–Kier alpha value is -2.94. The molecule has 0 atom stereocenters. The highest BCUT2D eigenvalue weighted by atomic mass is 16.4. The maximum absolute atomic E-state index is 10.6. The minimum absolute atomic E-state index is 0.140. The largest absolute Gasteiger partial charge is 0.481 e. The van der Waals surface area contributed by atoms with Crippen molar-refractivity contribution in [2.75, 3.05) is 6.54 Å². The summed E-state index contributed by atoms with van der Waals surface area (Å²) in [5.74, 6) is -0.786. The van der Waals surface area contributed by atoms with Gasteiger partial charge in [0.1, 0.15) is 0 Å². The van der Waals surface area contributed by atoms with Crippen LogP contribution >= 0.6 is 0 Å². The molecule has 0 unspecified atom stereocenters. The number of benzene rings is 2. The third-order valence-corrected chi connectivity index (χ3v) is 3.34. The van der Waals surface area contributed by atoms with Crippen LogP contribution in [0.2, 0.25) is 0 Å². The Kier molecular flexibility index (Phi) is 7.22. The summed E-state index contributed by atoms with van der Waals surface area (Å²) in [7, 11) is 0. The summed E-state index contributed by atoms with van der Waals surface area (Å²) in [5.41, 5.74) is 3.03. The van der Waals surface area contributed by atoms with Gasteiger partial charge in [-0.1, -0.05) is 72.8 Å². The molecule has 3 heteroatoms. The molecule has 0 aliphatic rings. The fourth-order valence-corrected chi connectivity index (χ4v) is 2.09. The number of carboxylic acids is 1. The molecule has 0 aliphatic heterocycles. The highest BCUT2D eigenvalue weighted by Gasteiger charge is 1.96. The number of hydrogen-bond donors (Lipinski definition) is 1. The van der Waals surface area contributed by atoms with E-state index in [0.29, 0.717) is 13.0 Å². The lowest BCUT2D eigenvalue weighted by Gasteiger charge is -1.98. The van der Waals surface area contributed by atoms with Crippen LogP contribution in [0.3, 0.4) is 0 Å². The summed E-state index contributed by atoms with van der Waals surface area (Å²) < 4.78 is 0. The quantitative estimate of drug-likeness (QED) is 0.565. The van der Waals surface area contributed by atoms with E-state index >= 15 is 0 Å². The van der Waals surface area contributed by atoms with Crippen molar-refractivity contribution in [1.29, 1.82) is 0 Å². The van der Waals surface area contributed by atoms with Crippen molar-refractivity contribution < 1.29 is 9.90 Å². The molecule has 24 heavy (non-hydrogen) atoms. The zero-order chi connectivity index (χ0) is 17.0. The molecule has 0 bridgehead atoms. The van der Waals surface area contributed by atoms with Gasteiger partial charge in [-0.25, -0.2) is 0 Å². The van der Waals surface area contributed by atoms with E-state index in [1.54, 1.807) is 0 Å². The van der Waals surface area contributed by atoms with Gasteiger partial charge in [-0.05, 0) is 29.7 Å². The van der Waals surface area contributed by atoms with E-state index in [9.17, 15) is 4.79 Å². The summed E-state index contributed by atoms with van der Waals surface area (Å²) in [6, 6.07) is 20.0. The summed E-state index contributed by atoms with van der Waals surface area (Å²) in [6.45, 7) is 0.500. The number of aliphatic imine (C=N–C) groups is 1. The number of nitrogens with zero attached hydrogens (tertiary/aromatic N) is 1. The van der Waals surface area contributed by atoms with Crippen molar-refractivity contribution >= 4 is 23.8 Å². The van der Waals surface area contributed by atoms with Crippen molar-refractivity contribution in [2.45, 2.75) is 12.8 Å². The molecule has 2 rings (SSSR count). The van der Waals surface area contributed by atoms with Crippen molar-refractivity contribution in [3.63, 3.8) is 0 Å². The summed E-state index contributed by atoms with van der Waals surface area (Å²) in [4.78, 5) is 15.1. The van der Waals surface area contributed by atoms with E-state index in [0.717, 1.165) is 16.8 Å². The lowest BCUT2D eigenvalue weighted by molar-refractivity contribution is -0.137. The van der Waals surface area contributed by atoms with Gasteiger partial charge < -0.3 is 5.11 Å². The SMILES string of the molecule is O=C(O)CCCN=C(/C=C\c1ccccc1)/C=C/c1ccccc1. The number of allylic oxidation sites excluding steroid dienone is 2. The van der Waals surface area contributed by atoms with Crippen molar-refractivity contribution in [2.24, 2.45) is 4.99 Å². The Morgan fingerprint density at radius 3 is 1.83 bits per heavy atom. The molecule has 0 aliphatic carbocycles. The van der Waals surface area contributed by atoms with Crippen LogP contribution in [0.4, 0.5) is 0 Å². The second-order valence-electron chi connectivity index (χ2n) is 5.29. The van der Waals surface area contributed by atoms with Gasteiger partial charge in [0.2, 0.25) is 0 Å². The van der Waals surface area contributed by atoms with Gasteiger partial charge in [-0.15, -0.1) is 0 Å². The first-order valence-electron chi connectivity index (χ1n) is 7.96. The minimum atomic E-state index is -0.786. The monoisotopic (exact) mass is 319 g/mol. The van der Waals surface area contributed by atoms with E-state index in [1.165, 1.54) is 0 Å². The van der Waals surface area contributed by atoms with E-state index in [2.05, 4.69) is 4.99 Å². The molecule has 0 saturated heterocycles. The van der Waals surface area contributed by atoms with Crippen molar-refractivity contribution in [1.82, 2.24) is 0 Å². The molecule has 3 nitrogen and oxygen atoms in total. The number of hydrogen-bond acceptors (Lipinski definition) is 2. The normalized spacial score (nSPS) is 12.1. The molecule has 0 amide bonds. The number of carboxylic acid groups (broad SMARTS) is 1. The zero-order valence-corrected chi connectivity index (χ0v) is 13.5. The number of carbonyl (C=O) groups is 1. The minimum Gasteiger partial charge on any atom is -0.481 e. The molecule has 122 valence electrons. The first-order valence-corrected chi connectivity index (χ1v) is 7.96. The van der Waals surface area contributed by atoms with E-state index < -0.39 is 5.97 Å². The Morgan fingerprint density at radius 1 is 0.875 bits per heavy atom. The van der Waals surface area contributed by atoms with Gasteiger partial charge in [0.15, 0.2) is 0 Å². The molecule has 0 aromatic heterocycles. The van der Waals surface area contributed by atoms with Crippen LogP contribution in [0, 0.1) is 0 Å². The predicted octanol–water partition coefficient (Wildman–Crippen LogP) is 4.72. The molecule has 0 heterocycles. The number of rotatable bonds is 8. The van der Waals surface area contributed by atoms with Crippen molar-refractivity contribution in [3.05, 3.63) is 83.9 Å². The smallest absolute Gasteiger partial charge is 0.303 e. The van der Waals surface area contributed by atoms with Crippen LogP contribution in [0.1, 0.15) is 24.0 Å². The van der Waals surface area contributed by atoms with Crippen LogP contribution in [0.25, 0.3) is 12.2 Å². The van der Waals surface area contributed by atoms with E-state index in [-0.39, 0.29) is 6.42 Å². The lowest BCUT2D eigenvalue weighted by Crippen LogP contribution is -1.97. The van der Waals surface area contributed by atoms with Crippen LogP contribution in [-0.2, 0) is 4.79 Å². The maximum atomic E-state index is 10.6. The van der Waals surface area contributed by atoms with Crippen LogP contribution in [0.15, 0.2) is 77.8 Å². The van der Waals surface area contributed by atoms with Gasteiger partial charge >= 0.3 is 5.97 Å². The van der Waals surface area contributed by atoms with E-state index in [1.807, 2.05) is 85.0 Å². The van der Waals surface area contributed by atoms with Crippen molar-refractivity contribution in [3.8, 4) is 0 Å². The fraction of sp³-hybridized carbons (Fsp3) is 0.143. The molecule has 1 N–H and O–H groups in total. The Morgan fingerprint density at radius 2 is 1.38 bits per heavy atom. The highest BCUT2D eigenvalue weighted by Crippen LogP contribution is 2.05. The molecular weight excluding hydrogens is 298 g/mol. The molecule has 2 aromatic carbocycles. The zero-order valence-electron chi connectivity index (χ0n) is 13.5. The molecular formula is C21H21NO2. The first kappa shape index (κ1) is 17.4. The van der Waals surface area contributed by atoms with Gasteiger partial charge in [0, 0.05) is 13.0 Å². The second kappa shape index (κ2) is 9.95.